The van der Waals surface area contributed by atoms with Gasteiger partial charge in [0.2, 0.25) is 0 Å². The zero-order valence-electron chi connectivity index (χ0n) is 22.1. The number of hydrogen-bond donors (Lipinski definition) is 0. The molecule has 1 aromatic carbocycles. The molecule has 0 saturated heterocycles. The fraction of sp³-hybridized carbons (Fsp3) is 0.778. The molecule has 0 aliphatic rings. The van der Waals surface area contributed by atoms with Gasteiger partial charge < -0.3 is 9.47 Å². The fourth-order valence-electron chi connectivity index (χ4n) is 4.72. The first-order chi connectivity index (χ1) is 14.9. The lowest BCUT2D eigenvalue weighted by molar-refractivity contribution is 0.305. The Morgan fingerprint density at radius 2 is 1.03 bits per heavy atom. The van der Waals surface area contributed by atoms with Crippen molar-refractivity contribution in [1.82, 2.24) is 0 Å². The van der Waals surface area contributed by atoms with Crippen molar-refractivity contribution in [3.8, 4) is 11.5 Å². The Morgan fingerprint density at radius 1 is 0.613 bits per heavy atom. The van der Waals surface area contributed by atoms with Crippen LogP contribution in [0.1, 0.15) is 72.4 Å². The standard InChI is InChI=1S/C27H52O2P2/c1-9-25-23-26(28-18-16-20-30(10-2,11-3)12-4)24(8)22-27(25)29-19-17-21-31(13-5,14-6)15-7/h22-23H,9-21H2,1-8H3/q+2. The normalized spacial score (nSPS) is 12.3. The molecule has 0 aliphatic carbocycles. The Labute approximate surface area is 195 Å². The summed E-state index contributed by atoms with van der Waals surface area (Å²) < 4.78 is 12.5. The van der Waals surface area contributed by atoms with E-state index in [0.717, 1.165) is 31.1 Å². The maximum atomic E-state index is 6.27. The lowest BCUT2D eigenvalue weighted by Crippen LogP contribution is -2.11. The highest BCUT2D eigenvalue weighted by Crippen LogP contribution is 2.58. The first-order valence-corrected chi connectivity index (χ1v) is 18.0. The van der Waals surface area contributed by atoms with E-state index in [-0.39, 0.29) is 0 Å². The van der Waals surface area contributed by atoms with Gasteiger partial charge in [-0.15, -0.1) is 0 Å². The van der Waals surface area contributed by atoms with Gasteiger partial charge in [-0.1, -0.05) is 6.92 Å². The Bertz CT molecular complexity index is 605. The van der Waals surface area contributed by atoms with Crippen LogP contribution >= 0.6 is 14.5 Å². The Balaban J connectivity index is 2.64. The summed E-state index contributed by atoms with van der Waals surface area (Å²) in [6.45, 7) is 20.3. The van der Waals surface area contributed by atoms with E-state index in [1.165, 1.54) is 73.3 Å². The average molecular weight is 471 g/mol. The van der Waals surface area contributed by atoms with E-state index in [1.807, 2.05) is 0 Å². The van der Waals surface area contributed by atoms with Crippen LogP contribution in [0.2, 0.25) is 0 Å². The lowest BCUT2D eigenvalue weighted by atomic mass is 10.1. The summed E-state index contributed by atoms with van der Waals surface area (Å²) >= 11 is 0. The molecule has 0 radical (unpaired) electrons. The third kappa shape index (κ3) is 8.51. The summed E-state index contributed by atoms with van der Waals surface area (Å²) in [5.41, 5.74) is 2.48. The van der Waals surface area contributed by atoms with Crippen LogP contribution in [-0.2, 0) is 6.42 Å². The van der Waals surface area contributed by atoms with Crippen LogP contribution in [-0.4, -0.2) is 62.5 Å². The highest BCUT2D eigenvalue weighted by Gasteiger charge is 2.31. The largest absolute Gasteiger partial charge is 0.493 e. The molecule has 180 valence electrons. The van der Waals surface area contributed by atoms with Crippen molar-refractivity contribution in [3.63, 3.8) is 0 Å². The van der Waals surface area contributed by atoms with Gasteiger partial charge in [0.1, 0.15) is 11.5 Å². The summed E-state index contributed by atoms with van der Waals surface area (Å²) in [6.07, 6.45) is 14.4. The zero-order valence-corrected chi connectivity index (χ0v) is 23.8. The summed E-state index contributed by atoms with van der Waals surface area (Å²) in [5, 5.41) is 0. The van der Waals surface area contributed by atoms with Crippen LogP contribution < -0.4 is 9.47 Å². The number of aryl methyl sites for hydroxylation is 2. The van der Waals surface area contributed by atoms with Crippen LogP contribution in [0.15, 0.2) is 12.1 Å². The van der Waals surface area contributed by atoms with Crippen molar-refractivity contribution in [1.29, 1.82) is 0 Å². The molecule has 31 heavy (non-hydrogen) atoms. The number of ether oxygens (including phenoxy) is 2. The van der Waals surface area contributed by atoms with Crippen molar-refractivity contribution in [3.05, 3.63) is 23.3 Å². The highest BCUT2D eigenvalue weighted by atomic mass is 31.2. The topological polar surface area (TPSA) is 18.5 Å². The van der Waals surface area contributed by atoms with Gasteiger partial charge in [-0.2, -0.15) is 0 Å². The Hall–Kier alpha value is -0.320. The predicted octanol–water partition coefficient (Wildman–Crippen LogP) is 8.25. The molecule has 0 amide bonds. The van der Waals surface area contributed by atoms with Crippen molar-refractivity contribution >= 4 is 14.5 Å². The van der Waals surface area contributed by atoms with Gasteiger partial charge in [-0.3, -0.25) is 0 Å². The minimum absolute atomic E-state index is 0.728. The van der Waals surface area contributed by atoms with Gasteiger partial charge in [0.15, 0.2) is 0 Å². The molecule has 0 atom stereocenters. The van der Waals surface area contributed by atoms with Crippen LogP contribution in [0.25, 0.3) is 0 Å². The SMILES string of the molecule is CCc1cc(OCCC[P+](CC)(CC)CC)c(C)cc1OCCC[P+](CC)(CC)CC. The van der Waals surface area contributed by atoms with Gasteiger partial charge in [-0.05, 0) is 78.1 Å². The minimum Gasteiger partial charge on any atom is -0.493 e. The van der Waals surface area contributed by atoms with Crippen molar-refractivity contribution < 1.29 is 9.47 Å². The molecule has 0 fully saturated rings. The molecule has 4 heteroatoms. The van der Waals surface area contributed by atoms with Crippen LogP contribution in [0, 0.1) is 6.92 Å². The lowest BCUT2D eigenvalue weighted by Gasteiger charge is -2.24. The number of benzene rings is 1. The average Bonchev–Trinajstić information content (AvgIpc) is 2.81. The molecule has 0 heterocycles. The first kappa shape index (κ1) is 28.7. The third-order valence-corrected chi connectivity index (χ3v) is 18.4. The molecule has 0 aliphatic heterocycles. The molecule has 0 N–H and O–H groups in total. The molecule has 0 saturated carbocycles. The second kappa shape index (κ2) is 14.8. The summed E-state index contributed by atoms with van der Waals surface area (Å²) in [7, 11) is -1.46. The van der Waals surface area contributed by atoms with Crippen molar-refractivity contribution in [2.75, 3.05) is 62.5 Å². The van der Waals surface area contributed by atoms with Crippen LogP contribution in [0.5, 0.6) is 11.5 Å². The maximum absolute atomic E-state index is 6.27. The quantitative estimate of drug-likeness (QED) is 0.169. The summed E-state index contributed by atoms with van der Waals surface area (Å²) in [4.78, 5) is 0. The van der Waals surface area contributed by atoms with E-state index >= 15 is 0 Å². The molecule has 0 bridgehead atoms. The summed E-state index contributed by atoms with van der Waals surface area (Å²) in [6, 6.07) is 4.44. The highest BCUT2D eigenvalue weighted by molar-refractivity contribution is 7.76. The molecule has 0 aromatic heterocycles. The van der Waals surface area contributed by atoms with Gasteiger partial charge in [-0.25, -0.2) is 0 Å². The van der Waals surface area contributed by atoms with E-state index in [0.29, 0.717) is 0 Å². The third-order valence-electron chi connectivity index (χ3n) is 7.83. The van der Waals surface area contributed by atoms with E-state index < -0.39 is 14.5 Å². The van der Waals surface area contributed by atoms with Gasteiger partial charge in [0, 0.05) is 27.4 Å². The van der Waals surface area contributed by atoms with Crippen LogP contribution in [0.3, 0.4) is 0 Å². The monoisotopic (exact) mass is 470 g/mol. The van der Waals surface area contributed by atoms with Crippen molar-refractivity contribution in [2.45, 2.75) is 74.7 Å². The Kier molecular flexibility index (Phi) is 13.7. The smallest absolute Gasteiger partial charge is 0.123 e. The van der Waals surface area contributed by atoms with Crippen LogP contribution in [0.4, 0.5) is 0 Å². The molecule has 1 rings (SSSR count). The first-order valence-electron chi connectivity index (χ1n) is 13.0. The molecule has 0 spiro atoms. The van der Waals surface area contributed by atoms with E-state index in [1.54, 1.807) is 0 Å². The minimum atomic E-state index is -0.729. The zero-order chi connectivity index (χ0) is 23.3. The second-order valence-corrected chi connectivity index (χ2v) is 19.1. The predicted molar refractivity (Wildman–Crippen MR) is 148 cm³/mol. The molecule has 2 nitrogen and oxygen atoms in total. The Morgan fingerprint density at radius 3 is 1.42 bits per heavy atom. The van der Waals surface area contributed by atoms with E-state index in [4.69, 9.17) is 9.47 Å². The maximum Gasteiger partial charge on any atom is 0.123 e. The fourth-order valence-corrected chi connectivity index (χ4v) is 10.9. The summed E-state index contributed by atoms with van der Waals surface area (Å²) in [5.74, 6) is 2.11. The van der Waals surface area contributed by atoms with E-state index in [2.05, 4.69) is 67.5 Å². The van der Waals surface area contributed by atoms with Gasteiger partial charge in [0.25, 0.3) is 0 Å². The van der Waals surface area contributed by atoms with Gasteiger partial charge in [0.05, 0.1) is 62.5 Å². The molecule has 1 aromatic rings. The molecular formula is C27H52O2P2+2. The second-order valence-electron chi connectivity index (χ2n) is 9.01. The molecule has 0 unspecified atom stereocenters. The molecular weight excluding hydrogens is 418 g/mol. The number of rotatable bonds is 17. The van der Waals surface area contributed by atoms with Gasteiger partial charge >= 0.3 is 0 Å². The van der Waals surface area contributed by atoms with Crippen molar-refractivity contribution in [2.24, 2.45) is 0 Å². The number of hydrogen-bond acceptors (Lipinski definition) is 2. The van der Waals surface area contributed by atoms with E-state index in [9.17, 15) is 0 Å².